The maximum atomic E-state index is 9.49. The summed E-state index contributed by atoms with van der Waals surface area (Å²) >= 11 is 0. The quantitative estimate of drug-likeness (QED) is 0.646. The number of rotatable bonds is 1. The highest BCUT2D eigenvalue weighted by Gasteiger charge is 2.05. The summed E-state index contributed by atoms with van der Waals surface area (Å²) in [4.78, 5) is 4.43. The second-order valence-corrected chi connectivity index (χ2v) is 3.75. The maximum Gasteiger partial charge on any atom is 0.145 e. The van der Waals surface area contributed by atoms with Crippen LogP contribution in [0, 0.1) is 0 Å². The summed E-state index contributed by atoms with van der Waals surface area (Å²) < 4.78 is 1.92. The third-order valence-corrected chi connectivity index (χ3v) is 2.68. The highest BCUT2D eigenvalue weighted by atomic mass is 16.3. The van der Waals surface area contributed by atoms with E-state index < -0.39 is 0 Å². The molecule has 4 heteroatoms. The van der Waals surface area contributed by atoms with Crippen LogP contribution in [-0.2, 0) is 6.54 Å². The van der Waals surface area contributed by atoms with Gasteiger partial charge in [0, 0.05) is 24.3 Å². The molecule has 0 aliphatic heterocycles. The van der Waals surface area contributed by atoms with Gasteiger partial charge in [0.25, 0.3) is 0 Å². The minimum absolute atomic E-state index is 0.248. The molecule has 80 valence electrons. The van der Waals surface area contributed by atoms with Crippen molar-refractivity contribution in [1.29, 1.82) is 0 Å². The van der Waals surface area contributed by atoms with Gasteiger partial charge in [-0.1, -0.05) is 6.07 Å². The van der Waals surface area contributed by atoms with Crippen LogP contribution in [0.1, 0.15) is 5.69 Å². The van der Waals surface area contributed by atoms with Crippen LogP contribution in [0.15, 0.2) is 36.7 Å². The highest BCUT2D eigenvalue weighted by Crippen LogP contribution is 2.23. The van der Waals surface area contributed by atoms with Crippen LogP contribution >= 0.6 is 0 Å². The third kappa shape index (κ3) is 1.24. The first-order valence-electron chi connectivity index (χ1n) is 5.07. The van der Waals surface area contributed by atoms with Crippen molar-refractivity contribution >= 4 is 16.4 Å². The van der Waals surface area contributed by atoms with E-state index in [1.165, 1.54) is 0 Å². The lowest BCUT2D eigenvalue weighted by atomic mass is 10.1. The SMILES string of the molecule is NCc1cn2ccc3ccc(O)cc3c2n1. The molecule has 0 fully saturated rings. The second-order valence-electron chi connectivity index (χ2n) is 3.75. The van der Waals surface area contributed by atoms with Crippen LogP contribution in [0.3, 0.4) is 0 Å². The van der Waals surface area contributed by atoms with Crippen LogP contribution in [0.2, 0.25) is 0 Å². The minimum Gasteiger partial charge on any atom is -0.508 e. The van der Waals surface area contributed by atoms with Gasteiger partial charge in [0.1, 0.15) is 11.4 Å². The molecule has 16 heavy (non-hydrogen) atoms. The molecular weight excluding hydrogens is 202 g/mol. The zero-order valence-corrected chi connectivity index (χ0v) is 8.59. The normalized spacial score (nSPS) is 11.3. The Morgan fingerprint density at radius 2 is 2.19 bits per heavy atom. The van der Waals surface area contributed by atoms with Gasteiger partial charge in [-0.25, -0.2) is 4.98 Å². The van der Waals surface area contributed by atoms with Crippen LogP contribution in [0.25, 0.3) is 16.4 Å². The Balaban J connectivity index is 2.46. The number of imidazole rings is 1. The first-order valence-corrected chi connectivity index (χ1v) is 5.07. The predicted octanol–water partition coefficient (Wildman–Crippen LogP) is 1.65. The summed E-state index contributed by atoms with van der Waals surface area (Å²) in [6, 6.07) is 7.26. The topological polar surface area (TPSA) is 63.5 Å². The Bertz CT molecular complexity index is 672. The lowest BCUT2D eigenvalue weighted by Crippen LogP contribution is -1.95. The van der Waals surface area contributed by atoms with Crippen LogP contribution in [0.5, 0.6) is 5.75 Å². The molecule has 0 atom stereocenters. The lowest BCUT2D eigenvalue weighted by molar-refractivity contribution is 0.476. The summed E-state index contributed by atoms with van der Waals surface area (Å²) in [6.45, 7) is 0.419. The van der Waals surface area contributed by atoms with Gasteiger partial charge >= 0.3 is 0 Å². The first kappa shape index (κ1) is 9.18. The van der Waals surface area contributed by atoms with E-state index in [0.717, 1.165) is 22.1 Å². The van der Waals surface area contributed by atoms with Crippen molar-refractivity contribution in [2.75, 3.05) is 0 Å². The Morgan fingerprint density at radius 3 is 3.00 bits per heavy atom. The molecular formula is C12H11N3O. The molecule has 4 nitrogen and oxygen atoms in total. The van der Waals surface area contributed by atoms with Crippen molar-refractivity contribution in [1.82, 2.24) is 9.38 Å². The fraction of sp³-hybridized carbons (Fsp3) is 0.0833. The van der Waals surface area contributed by atoms with Crippen LogP contribution < -0.4 is 5.73 Å². The number of hydrogen-bond acceptors (Lipinski definition) is 3. The number of aromatic hydroxyl groups is 1. The van der Waals surface area contributed by atoms with E-state index in [0.29, 0.717) is 6.54 Å². The van der Waals surface area contributed by atoms with Crippen LogP contribution in [-0.4, -0.2) is 14.5 Å². The van der Waals surface area contributed by atoms with E-state index >= 15 is 0 Å². The molecule has 0 spiro atoms. The second kappa shape index (κ2) is 3.21. The van der Waals surface area contributed by atoms with Gasteiger partial charge in [-0.15, -0.1) is 0 Å². The van der Waals surface area contributed by atoms with E-state index in [1.54, 1.807) is 12.1 Å². The highest BCUT2D eigenvalue weighted by molar-refractivity contribution is 5.94. The summed E-state index contributed by atoms with van der Waals surface area (Å²) in [5, 5.41) is 11.5. The van der Waals surface area contributed by atoms with Gasteiger partial charge in [-0.2, -0.15) is 0 Å². The summed E-state index contributed by atoms with van der Waals surface area (Å²) in [6.07, 6.45) is 3.85. The average molecular weight is 213 g/mol. The van der Waals surface area contributed by atoms with Crippen molar-refractivity contribution in [3.05, 3.63) is 42.4 Å². The fourth-order valence-electron chi connectivity index (χ4n) is 1.90. The Hall–Kier alpha value is -2.07. The van der Waals surface area contributed by atoms with E-state index in [-0.39, 0.29) is 5.75 Å². The van der Waals surface area contributed by atoms with Gasteiger partial charge in [0.2, 0.25) is 0 Å². The van der Waals surface area contributed by atoms with E-state index in [9.17, 15) is 5.11 Å². The van der Waals surface area contributed by atoms with Crippen LogP contribution in [0.4, 0.5) is 0 Å². The van der Waals surface area contributed by atoms with E-state index in [2.05, 4.69) is 4.98 Å². The molecule has 0 saturated carbocycles. The van der Waals surface area contributed by atoms with Crippen molar-refractivity contribution in [2.24, 2.45) is 5.73 Å². The van der Waals surface area contributed by atoms with Crippen molar-refractivity contribution < 1.29 is 5.11 Å². The number of phenols is 1. The molecule has 1 aromatic carbocycles. The number of hydrogen-bond donors (Lipinski definition) is 2. The molecule has 0 unspecified atom stereocenters. The number of pyridine rings is 1. The van der Waals surface area contributed by atoms with Gasteiger partial charge in [-0.05, 0) is 23.6 Å². The molecule has 0 bridgehead atoms. The third-order valence-electron chi connectivity index (χ3n) is 2.68. The monoisotopic (exact) mass is 213 g/mol. The van der Waals surface area contributed by atoms with Crippen molar-refractivity contribution in [3.63, 3.8) is 0 Å². The molecule has 0 aliphatic rings. The molecule has 3 aromatic rings. The first-order chi connectivity index (χ1) is 7.78. The standard InChI is InChI=1S/C12H11N3O/c13-6-9-7-15-4-3-8-1-2-10(16)5-11(8)12(15)14-9/h1-5,7,16H,6,13H2. The molecule has 0 aliphatic carbocycles. The average Bonchev–Trinajstić information content (AvgIpc) is 2.72. The smallest absolute Gasteiger partial charge is 0.145 e. The molecule has 0 radical (unpaired) electrons. The largest absolute Gasteiger partial charge is 0.508 e. The van der Waals surface area contributed by atoms with Gasteiger partial charge in [-0.3, -0.25) is 0 Å². The van der Waals surface area contributed by atoms with Gasteiger partial charge < -0.3 is 15.2 Å². The molecule has 2 aromatic heterocycles. The summed E-state index contributed by atoms with van der Waals surface area (Å²) in [5.41, 5.74) is 7.23. The molecule has 0 amide bonds. The minimum atomic E-state index is 0.248. The number of fused-ring (bicyclic) bond motifs is 3. The lowest BCUT2D eigenvalue weighted by Gasteiger charge is -2.00. The Morgan fingerprint density at radius 1 is 1.31 bits per heavy atom. The molecule has 3 rings (SSSR count). The fourth-order valence-corrected chi connectivity index (χ4v) is 1.90. The van der Waals surface area contributed by atoms with Gasteiger partial charge in [0.05, 0.1) is 5.69 Å². The number of nitrogens with two attached hydrogens (primary N) is 1. The predicted molar refractivity (Wildman–Crippen MR) is 62.3 cm³/mol. The number of phenolic OH excluding ortho intramolecular Hbond substituents is 1. The number of nitrogens with zero attached hydrogens (tertiary/aromatic N) is 2. The van der Waals surface area contributed by atoms with E-state index in [4.69, 9.17) is 5.73 Å². The zero-order valence-electron chi connectivity index (χ0n) is 8.59. The molecule has 2 heterocycles. The van der Waals surface area contributed by atoms with Gasteiger partial charge in [0.15, 0.2) is 0 Å². The Kier molecular flexibility index (Phi) is 1.84. The van der Waals surface area contributed by atoms with Crippen molar-refractivity contribution in [2.45, 2.75) is 6.54 Å². The number of aromatic nitrogens is 2. The molecule has 3 N–H and O–H groups in total. The summed E-state index contributed by atoms with van der Waals surface area (Å²) in [5.74, 6) is 0.248. The zero-order chi connectivity index (χ0) is 11.1. The maximum absolute atomic E-state index is 9.49. The Labute approximate surface area is 91.9 Å². The summed E-state index contributed by atoms with van der Waals surface area (Å²) in [7, 11) is 0. The van der Waals surface area contributed by atoms with E-state index in [1.807, 2.05) is 28.9 Å². The molecule has 0 saturated heterocycles. The van der Waals surface area contributed by atoms with Crippen molar-refractivity contribution in [3.8, 4) is 5.75 Å². The number of benzene rings is 1.